The van der Waals surface area contributed by atoms with E-state index in [4.69, 9.17) is 9.84 Å². The van der Waals surface area contributed by atoms with E-state index in [0.29, 0.717) is 6.10 Å². The molecule has 0 spiro atoms. The smallest absolute Gasteiger partial charge is 0.304 e. The van der Waals surface area contributed by atoms with Gasteiger partial charge < -0.3 is 14.7 Å². The first-order valence-corrected chi connectivity index (χ1v) is 7.34. The molecule has 2 heterocycles. The monoisotopic (exact) mass is 275 g/mol. The minimum atomic E-state index is -0.725. The van der Waals surface area contributed by atoms with Crippen LogP contribution in [0.25, 0.3) is 0 Å². The quantitative estimate of drug-likeness (QED) is 0.917. The average molecular weight is 275 g/mol. The molecule has 2 aliphatic rings. The second-order valence-corrected chi connectivity index (χ2v) is 5.90. The number of hydrogen-bond acceptors (Lipinski definition) is 3. The van der Waals surface area contributed by atoms with E-state index in [2.05, 4.69) is 24.0 Å². The highest BCUT2D eigenvalue weighted by Crippen LogP contribution is 2.38. The summed E-state index contributed by atoms with van der Waals surface area (Å²) in [4.78, 5) is 13.3. The molecule has 20 heavy (non-hydrogen) atoms. The first-order chi connectivity index (χ1) is 9.63. The molecule has 0 aliphatic carbocycles. The molecule has 0 amide bonds. The summed E-state index contributed by atoms with van der Waals surface area (Å²) in [6.45, 7) is 3.78. The van der Waals surface area contributed by atoms with Crippen molar-refractivity contribution in [2.24, 2.45) is 0 Å². The summed E-state index contributed by atoms with van der Waals surface area (Å²) >= 11 is 0. The van der Waals surface area contributed by atoms with Crippen molar-refractivity contribution in [3.63, 3.8) is 0 Å². The molecule has 0 radical (unpaired) electrons. The van der Waals surface area contributed by atoms with Gasteiger partial charge in [0.05, 0.1) is 18.6 Å². The Hall–Kier alpha value is -1.55. The van der Waals surface area contributed by atoms with Crippen LogP contribution in [-0.2, 0) is 9.53 Å². The number of ether oxygens (including phenoxy) is 1. The molecule has 0 saturated carbocycles. The molecule has 3 rings (SSSR count). The maximum Gasteiger partial charge on any atom is 0.304 e. The first-order valence-electron chi connectivity index (χ1n) is 7.34. The fraction of sp³-hybridized carbons (Fsp3) is 0.562. The Morgan fingerprint density at radius 2 is 2.20 bits per heavy atom. The van der Waals surface area contributed by atoms with Gasteiger partial charge in [-0.25, -0.2) is 0 Å². The van der Waals surface area contributed by atoms with Gasteiger partial charge in [-0.3, -0.25) is 4.79 Å². The lowest BCUT2D eigenvalue weighted by molar-refractivity contribution is -0.137. The summed E-state index contributed by atoms with van der Waals surface area (Å²) in [5.74, 6) is -0.625. The number of hydrogen-bond donors (Lipinski definition) is 1. The van der Waals surface area contributed by atoms with E-state index in [9.17, 15) is 4.79 Å². The van der Waals surface area contributed by atoms with Gasteiger partial charge in [-0.2, -0.15) is 0 Å². The van der Waals surface area contributed by atoms with Gasteiger partial charge in [0.2, 0.25) is 0 Å². The highest BCUT2D eigenvalue weighted by atomic mass is 16.5. The highest BCUT2D eigenvalue weighted by molar-refractivity contribution is 5.71. The molecule has 2 aliphatic heterocycles. The van der Waals surface area contributed by atoms with E-state index >= 15 is 0 Å². The molecule has 3 unspecified atom stereocenters. The van der Waals surface area contributed by atoms with Gasteiger partial charge in [-0.05, 0) is 31.4 Å². The van der Waals surface area contributed by atoms with Gasteiger partial charge in [-0.1, -0.05) is 18.2 Å². The van der Waals surface area contributed by atoms with Crippen molar-refractivity contribution in [2.45, 2.75) is 44.3 Å². The maximum atomic E-state index is 11.0. The zero-order valence-electron chi connectivity index (χ0n) is 11.8. The van der Waals surface area contributed by atoms with E-state index in [1.165, 1.54) is 11.3 Å². The molecule has 3 atom stereocenters. The summed E-state index contributed by atoms with van der Waals surface area (Å²) in [6.07, 6.45) is 3.06. The first kappa shape index (κ1) is 13.4. The van der Waals surface area contributed by atoms with Crippen LogP contribution in [0.2, 0.25) is 0 Å². The van der Waals surface area contributed by atoms with Crippen LogP contribution in [0.15, 0.2) is 24.3 Å². The fourth-order valence-electron chi connectivity index (χ4n) is 3.41. The zero-order valence-corrected chi connectivity index (χ0v) is 11.8. The van der Waals surface area contributed by atoms with E-state index in [-0.39, 0.29) is 18.4 Å². The van der Waals surface area contributed by atoms with Gasteiger partial charge in [0, 0.05) is 24.7 Å². The van der Waals surface area contributed by atoms with E-state index in [1.807, 2.05) is 12.1 Å². The standard InChI is InChI=1S/C16H21NO3/c1-11-6-7-13(20-11)10-17-9-12(8-16(18)19)14-4-2-3-5-15(14)17/h2-5,11-13H,6-10H2,1H3,(H,18,19). The Labute approximate surface area is 119 Å². The number of carboxylic acid groups (broad SMARTS) is 1. The third-order valence-corrected chi connectivity index (χ3v) is 4.32. The van der Waals surface area contributed by atoms with Crippen molar-refractivity contribution in [1.82, 2.24) is 0 Å². The molecular weight excluding hydrogens is 254 g/mol. The zero-order chi connectivity index (χ0) is 14.1. The van der Waals surface area contributed by atoms with Crippen LogP contribution in [0, 0.1) is 0 Å². The molecule has 0 aromatic heterocycles. The number of aliphatic carboxylic acids is 1. The molecule has 1 fully saturated rings. The minimum absolute atomic E-state index is 0.0996. The van der Waals surface area contributed by atoms with Crippen LogP contribution in [0.3, 0.4) is 0 Å². The number of nitrogens with zero attached hydrogens (tertiary/aromatic N) is 1. The molecule has 0 bridgehead atoms. The second-order valence-electron chi connectivity index (χ2n) is 5.90. The molecule has 1 aromatic rings. The van der Waals surface area contributed by atoms with Gasteiger partial charge in [0.15, 0.2) is 0 Å². The Kier molecular flexibility index (Phi) is 3.66. The maximum absolute atomic E-state index is 11.0. The van der Waals surface area contributed by atoms with Gasteiger partial charge in [0.1, 0.15) is 0 Å². The number of para-hydroxylation sites is 1. The van der Waals surface area contributed by atoms with E-state index in [0.717, 1.165) is 25.9 Å². The molecule has 1 saturated heterocycles. The molecule has 4 nitrogen and oxygen atoms in total. The number of carbonyl (C=O) groups is 1. The van der Waals surface area contributed by atoms with E-state index < -0.39 is 5.97 Å². The largest absolute Gasteiger partial charge is 0.481 e. The fourth-order valence-corrected chi connectivity index (χ4v) is 3.41. The number of benzene rings is 1. The molecule has 1 aromatic carbocycles. The lowest BCUT2D eigenvalue weighted by Crippen LogP contribution is -2.32. The van der Waals surface area contributed by atoms with E-state index in [1.54, 1.807) is 0 Å². The van der Waals surface area contributed by atoms with Gasteiger partial charge in [0.25, 0.3) is 0 Å². The SMILES string of the molecule is CC1CCC(CN2CC(CC(=O)O)c3ccccc32)O1. The Balaban J connectivity index is 1.74. The van der Waals surface area contributed by atoms with Crippen LogP contribution in [0.1, 0.15) is 37.7 Å². The third kappa shape index (κ3) is 2.66. The summed E-state index contributed by atoms with van der Waals surface area (Å²) in [7, 11) is 0. The summed E-state index contributed by atoms with van der Waals surface area (Å²) in [6, 6.07) is 8.16. The van der Waals surface area contributed by atoms with Crippen molar-refractivity contribution in [3.05, 3.63) is 29.8 Å². The molecule has 1 N–H and O–H groups in total. The van der Waals surface area contributed by atoms with Crippen LogP contribution in [0.4, 0.5) is 5.69 Å². The lowest BCUT2D eigenvalue weighted by atomic mass is 9.98. The van der Waals surface area contributed by atoms with Crippen LogP contribution in [-0.4, -0.2) is 36.4 Å². The minimum Gasteiger partial charge on any atom is -0.481 e. The molecule has 108 valence electrons. The second kappa shape index (κ2) is 5.44. The van der Waals surface area contributed by atoms with Crippen LogP contribution >= 0.6 is 0 Å². The number of fused-ring (bicyclic) bond motifs is 1. The highest BCUT2D eigenvalue weighted by Gasteiger charge is 2.32. The predicted molar refractivity (Wildman–Crippen MR) is 77.2 cm³/mol. The van der Waals surface area contributed by atoms with Gasteiger partial charge >= 0.3 is 5.97 Å². The summed E-state index contributed by atoms with van der Waals surface area (Å²) in [5, 5.41) is 9.06. The van der Waals surface area contributed by atoms with Crippen molar-refractivity contribution in [3.8, 4) is 0 Å². The van der Waals surface area contributed by atoms with Crippen molar-refractivity contribution >= 4 is 11.7 Å². The van der Waals surface area contributed by atoms with Crippen LogP contribution in [0.5, 0.6) is 0 Å². The normalized spacial score (nSPS) is 28.6. The topological polar surface area (TPSA) is 49.8 Å². The van der Waals surface area contributed by atoms with Gasteiger partial charge in [-0.15, -0.1) is 0 Å². The molecular formula is C16H21NO3. The molecule has 4 heteroatoms. The average Bonchev–Trinajstić information content (AvgIpc) is 2.95. The van der Waals surface area contributed by atoms with Crippen LogP contribution < -0.4 is 4.90 Å². The summed E-state index contributed by atoms with van der Waals surface area (Å²) < 4.78 is 5.90. The van der Waals surface area contributed by atoms with Crippen molar-refractivity contribution < 1.29 is 14.6 Å². The Morgan fingerprint density at radius 1 is 1.40 bits per heavy atom. The summed E-state index contributed by atoms with van der Waals surface area (Å²) in [5.41, 5.74) is 2.35. The van der Waals surface area contributed by atoms with Crippen molar-refractivity contribution in [1.29, 1.82) is 0 Å². The Bertz CT molecular complexity index is 502. The number of rotatable bonds is 4. The van der Waals surface area contributed by atoms with Crippen molar-refractivity contribution in [2.75, 3.05) is 18.0 Å². The number of carboxylic acids is 1. The third-order valence-electron chi connectivity index (χ3n) is 4.32. The Morgan fingerprint density at radius 3 is 2.90 bits per heavy atom. The predicted octanol–water partition coefficient (Wildman–Crippen LogP) is 2.63. The lowest BCUT2D eigenvalue weighted by Gasteiger charge is -2.23. The number of anilines is 1.